The van der Waals surface area contributed by atoms with E-state index in [1.54, 1.807) is 12.1 Å². The van der Waals surface area contributed by atoms with Crippen molar-refractivity contribution in [3.05, 3.63) is 46.8 Å². The molecule has 2 aromatic rings. The van der Waals surface area contributed by atoms with Gasteiger partial charge in [-0.15, -0.1) is 0 Å². The molecule has 1 aromatic heterocycles. The van der Waals surface area contributed by atoms with Crippen LogP contribution >= 0.6 is 11.3 Å². The van der Waals surface area contributed by atoms with Gasteiger partial charge in [0.2, 0.25) is 0 Å². The molecule has 0 saturated carbocycles. The third-order valence-electron chi connectivity index (χ3n) is 2.70. The Morgan fingerprint density at radius 3 is 2.42 bits per heavy atom. The van der Waals surface area contributed by atoms with Gasteiger partial charge in [0, 0.05) is 5.56 Å². The summed E-state index contributed by atoms with van der Waals surface area (Å²) >= 11 is 1.13. The van der Waals surface area contributed by atoms with Gasteiger partial charge < -0.3 is 9.84 Å². The highest BCUT2D eigenvalue weighted by Gasteiger charge is 2.19. The molecule has 0 atom stereocenters. The third-order valence-corrected chi connectivity index (χ3v) is 3.65. The number of ether oxygens (including phenoxy) is 1. The fourth-order valence-electron chi connectivity index (χ4n) is 1.77. The molecule has 4 heteroatoms. The standard InChI is InChI=1S/C15H16O3S/c1-15(2,3)10-6-4-5-7-11(10)18-13-9-8-12(19-13)14(16)17/h4-9H,1-3H3,(H,16,17). The highest BCUT2D eigenvalue weighted by Crippen LogP contribution is 2.36. The molecule has 0 radical (unpaired) electrons. The van der Waals surface area contributed by atoms with Crippen LogP contribution in [0.4, 0.5) is 0 Å². The minimum absolute atomic E-state index is 0.0243. The van der Waals surface area contributed by atoms with E-state index in [4.69, 9.17) is 9.84 Å². The number of carbonyl (C=O) groups is 1. The van der Waals surface area contributed by atoms with Crippen LogP contribution < -0.4 is 4.74 Å². The molecule has 3 nitrogen and oxygen atoms in total. The summed E-state index contributed by atoms with van der Waals surface area (Å²) in [5, 5.41) is 9.49. The summed E-state index contributed by atoms with van der Waals surface area (Å²) in [5.74, 6) is -0.155. The Balaban J connectivity index is 2.30. The number of carboxylic acids is 1. The summed E-state index contributed by atoms with van der Waals surface area (Å²) < 4.78 is 5.82. The van der Waals surface area contributed by atoms with Crippen LogP contribution in [0.1, 0.15) is 36.0 Å². The lowest BCUT2D eigenvalue weighted by molar-refractivity contribution is 0.0702. The van der Waals surface area contributed by atoms with Gasteiger partial charge in [-0.25, -0.2) is 4.79 Å². The van der Waals surface area contributed by atoms with Gasteiger partial charge in [0.25, 0.3) is 0 Å². The van der Waals surface area contributed by atoms with E-state index in [-0.39, 0.29) is 10.3 Å². The van der Waals surface area contributed by atoms with E-state index in [1.165, 1.54) is 0 Å². The molecule has 1 heterocycles. The third kappa shape index (κ3) is 3.15. The van der Waals surface area contributed by atoms with Crippen LogP contribution in [0.3, 0.4) is 0 Å². The van der Waals surface area contributed by atoms with Crippen molar-refractivity contribution in [3.8, 4) is 10.8 Å². The average molecular weight is 276 g/mol. The second-order valence-electron chi connectivity index (χ2n) is 5.27. The number of hydrogen-bond acceptors (Lipinski definition) is 3. The molecule has 0 amide bonds. The highest BCUT2D eigenvalue weighted by atomic mass is 32.1. The number of aromatic carboxylic acids is 1. The van der Waals surface area contributed by atoms with E-state index in [0.29, 0.717) is 5.06 Å². The lowest BCUT2D eigenvalue weighted by Crippen LogP contribution is -2.12. The normalized spacial score (nSPS) is 11.3. The Hall–Kier alpha value is -1.81. The van der Waals surface area contributed by atoms with E-state index in [9.17, 15) is 4.79 Å². The van der Waals surface area contributed by atoms with Crippen molar-refractivity contribution in [3.63, 3.8) is 0 Å². The first kappa shape index (κ1) is 13.6. The van der Waals surface area contributed by atoms with Crippen LogP contribution in [0.2, 0.25) is 0 Å². The van der Waals surface area contributed by atoms with Gasteiger partial charge in [0.15, 0.2) is 5.06 Å². The summed E-state index contributed by atoms with van der Waals surface area (Å²) in [6, 6.07) is 11.1. The van der Waals surface area contributed by atoms with Crippen molar-refractivity contribution in [2.24, 2.45) is 0 Å². The Kier molecular flexibility index (Phi) is 3.62. The minimum Gasteiger partial charge on any atom is -0.477 e. The molecule has 100 valence electrons. The van der Waals surface area contributed by atoms with E-state index in [2.05, 4.69) is 20.8 Å². The maximum atomic E-state index is 10.8. The molecule has 19 heavy (non-hydrogen) atoms. The molecule has 0 aliphatic heterocycles. The zero-order chi connectivity index (χ0) is 14.0. The lowest BCUT2D eigenvalue weighted by Gasteiger charge is -2.22. The number of carboxylic acid groups (broad SMARTS) is 1. The van der Waals surface area contributed by atoms with Gasteiger partial charge in [0.05, 0.1) is 0 Å². The quantitative estimate of drug-likeness (QED) is 0.895. The highest BCUT2D eigenvalue weighted by molar-refractivity contribution is 7.15. The Morgan fingerprint density at radius 1 is 1.16 bits per heavy atom. The predicted molar refractivity (Wildman–Crippen MR) is 76.5 cm³/mol. The first-order chi connectivity index (χ1) is 8.88. The minimum atomic E-state index is -0.927. The predicted octanol–water partition coefficient (Wildman–Crippen LogP) is 4.54. The Labute approximate surface area is 116 Å². The smallest absolute Gasteiger partial charge is 0.345 e. The molecule has 1 N–H and O–H groups in total. The van der Waals surface area contributed by atoms with Crippen molar-refractivity contribution in [2.75, 3.05) is 0 Å². The van der Waals surface area contributed by atoms with E-state index < -0.39 is 5.97 Å². The fourth-order valence-corrected chi connectivity index (χ4v) is 2.48. The maximum Gasteiger partial charge on any atom is 0.345 e. The largest absolute Gasteiger partial charge is 0.477 e. The fraction of sp³-hybridized carbons (Fsp3) is 0.267. The molecule has 0 saturated heterocycles. The van der Waals surface area contributed by atoms with Gasteiger partial charge in [0.1, 0.15) is 10.6 Å². The summed E-state index contributed by atoms with van der Waals surface area (Å²) in [6.07, 6.45) is 0. The Bertz CT molecular complexity index is 593. The molecular formula is C15H16O3S. The number of rotatable bonds is 3. The van der Waals surface area contributed by atoms with Crippen LogP contribution in [0, 0.1) is 0 Å². The van der Waals surface area contributed by atoms with Crippen LogP contribution in [0.15, 0.2) is 36.4 Å². The van der Waals surface area contributed by atoms with E-state index in [1.807, 2.05) is 24.3 Å². The van der Waals surface area contributed by atoms with E-state index >= 15 is 0 Å². The van der Waals surface area contributed by atoms with Crippen molar-refractivity contribution in [2.45, 2.75) is 26.2 Å². The lowest BCUT2D eigenvalue weighted by atomic mass is 9.86. The zero-order valence-corrected chi connectivity index (χ0v) is 12.0. The first-order valence-electron chi connectivity index (χ1n) is 5.98. The molecule has 1 aromatic carbocycles. The SMILES string of the molecule is CC(C)(C)c1ccccc1Oc1ccc(C(=O)O)s1. The van der Waals surface area contributed by atoms with Gasteiger partial charge in [-0.2, -0.15) is 0 Å². The topological polar surface area (TPSA) is 46.5 Å². The van der Waals surface area contributed by atoms with Crippen molar-refractivity contribution < 1.29 is 14.6 Å². The molecule has 0 spiro atoms. The summed E-state index contributed by atoms with van der Waals surface area (Å²) in [4.78, 5) is 11.1. The van der Waals surface area contributed by atoms with Crippen LogP contribution in [0.5, 0.6) is 10.8 Å². The Morgan fingerprint density at radius 2 is 1.84 bits per heavy atom. The monoisotopic (exact) mass is 276 g/mol. The van der Waals surface area contributed by atoms with Gasteiger partial charge in [-0.05, 0) is 23.6 Å². The van der Waals surface area contributed by atoms with Gasteiger partial charge in [-0.3, -0.25) is 0 Å². The number of para-hydroxylation sites is 1. The molecule has 0 bridgehead atoms. The average Bonchev–Trinajstić information content (AvgIpc) is 2.77. The van der Waals surface area contributed by atoms with Crippen LogP contribution in [-0.4, -0.2) is 11.1 Å². The van der Waals surface area contributed by atoms with Crippen molar-refractivity contribution >= 4 is 17.3 Å². The number of hydrogen-bond donors (Lipinski definition) is 1. The number of benzene rings is 1. The van der Waals surface area contributed by atoms with Gasteiger partial charge in [-0.1, -0.05) is 50.3 Å². The van der Waals surface area contributed by atoms with Crippen LogP contribution in [-0.2, 0) is 5.41 Å². The summed E-state index contributed by atoms with van der Waals surface area (Å²) in [6.45, 7) is 6.35. The molecule has 2 rings (SSSR count). The molecule has 0 unspecified atom stereocenters. The summed E-state index contributed by atoms with van der Waals surface area (Å²) in [7, 11) is 0. The molecular weight excluding hydrogens is 260 g/mol. The molecule has 0 aliphatic carbocycles. The first-order valence-corrected chi connectivity index (χ1v) is 6.80. The van der Waals surface area contributed by atoms with Gasteiger partial charge >= 0.3 is 5.97 Å². The zero-order valence-electron chi connectivity index (χ0n) is 11.1. The maximum absolute atomic E-state index is 10.8. The molecule has 0 fully saturated rings. The molecule has 0 aliphatic rings. The van der Waals surface area contributed by atoms with Crippen molar-refractivity contribution in [1.29, 1.82) is 0 Å². The van der Waals surface area contributed by atoms with E-state index in [0.717, 1.165) is 22.6 Å². The summed E-state index contributed by atoms with van der Waals surface area (Å²) in [5.41, 5.74) is 1.07. The number of thiophene rings is 1. The second-order valence-corrected chi connectivity index (χ2v) is 6.32. The van der Waals surface area contributed by atoms with Crippen molar-refractivity contribution in [1.82, 2.24) is 0 Å². The second kappa shape index (κ2) is 5.05. The van der Waals surface area contributed by atoms with Crippen LogP contribution in [0.25, 0.3) is 0 Å².